The maximum Gasteiger partial charge on any atom is 0.306 e. The predicted molar refractivity (Wildman–Crippen MR) is 158 cm³/mol. The van der Waals surface area contributed by atoms with Crippen molar-refractivity contribution in [2.75, 3.05) is 5.75 Å². The van der Waals surface area contributed by atoms with Gasteiger partial charge in [0.05, 0.1) is 5.75 Å². The van der Waals surface area contributed by atoms with Crippen molar-refractivity contribution in [1.82, 2.24) is 0 Å². The van der Waals surface area contributed by atoms with Gasteiger partial charge in [-0.05, 0) is 85.9 Å². The van der Waals surface area contributed by atoms with E-state index in [0.717, 1.165) is 25.7 Å². The topological polar surface area (TPSA) is 113 Å². The van der Waals surface area contributed by atoms with Crippen molar-refractivity contribution in [3.63, 3.8) is 0 Å². The zero-order chi connectivity index (χ0) is 30.8. The number of ether oxygens (including phenoxy) is 3. The fraction of sp³-hybridized carbons (Fsp3) is 0.909. The van der Waals surface area contributed by atoms with Crippen LogP contribution in [-0.4, -0.2) is 55.6 Å². The lowest BCUT2D eigenvalue weighted by Gasteiger charge is -2.66. The van der Waals surface area contributed by atoms with E-state index in [-0.39, 0.29) is 71.2 Å². The first-order valence-electron chi connectivity index (χ1n) is 16.4. The molecule has 4 aliphatic carbocycles. The monoisotopic (exact) mass is 608 g/mol. The summed E-state index contributed by atoms with van der Waals surface area (Å²) in [5, 5.41) is -0.872. The highest BCUT2D eigenvalue weighted by atomic mass is 32.2. The van der Waals surface area contributed by atoms with E-state index >= 15 is 0 Å². The van der Waals surface area contributed by atoms with Gasteiger partial charge in [-0.1, -0.05) is 41.0 Å². The van der Waals surface area contributed by atoms with Crippen LogP contribution in [0.1, 0.15) is 106 Å². The Morgan fingerprint density at radius 3 is 2.33 bits per heavy atom. The molecular weight excluding hydrogens is 556 g/mol. The van der Waals surface area contributed by atoms with Crippen molar-refractivity contribution in [3.8, 4) is 0 Å². The van der Waals surface area contributed by atoms with Crippen molar-refractivity contribution in [3.05, 3.63) is 0 Å². The van der Waals surface area contributed by atoms with Crippen LogP contribution in [-0.2, 0) is 38.4 Å². The normalized spacial score (nSPS) is 45.6. The van der Waals surface area contributed by atoms with E-state index in [1.54, 1.807) is 0 Å². The first-order chi connectivity index (χ1) is 19.6. The molecule has 0 spiro atoms. The summed E-state index contributed by atoms with van der Waals surface area (Å²) in [5.74, 6) is -0.857. The fourth-order valence-corrected chi connectivity index (χ4v) is 13.7. The van der Waals surface area contributed by atoms with Crippen LogP contribution in [0.15, 0.2) is 0 Å². The van der Waals surface area contributed by atoms with E-state index < -0.39 is 38.1 Å². The van der Waals surface area contributed by atoms with Crippen LogP contribution in [0.25, 0.3) is 0 Å². The van der Waals surface area contributed by atoms with Crippen LogP contribution in [0, 0.1) is 52.3 Å². The summed E-state index contributed by atoms with van der Waals surface area (Å²) in [7, 11) is -3.74. The summed E-state index contributed by atoms with van der Waals surface area (Å²) in [5.41, 5.74) is -0.925. The number of rotatable bonds is 6. The molecular formula is C33H52O8S. The smallest absolute Gasteiger partial charge is 0.306 e. The number of hydrogen-bond acceptors (Lipinski definition) is 8. The van der Waals surface area contributed by atoms with Gasteiger partial charge in [-0.25, -0.2) is 8.42 Å². The molecule has 0 aromatic carbocycles. The summed E-state index contributed by atoms with van der Waals surface area (Å²) < 4.78 is 47.9. The van der Waals surface area contributed by atoms with Crippen LogP contribution in [0.2, 0.25) is 0 Å². The van der Waals surface area contributed by atoms with E-state index in [4.69, 9.17) is 14.2 Å². The third-order valence-corrected chi connectivity index (χ3v) is 15.2. The van der Waals surface area contributed by atoms with Crippen LogP contribution in [0.4, 0.5) is 0 Å². The molecule has 0 radical (unpaired) electrons. The number of hydrogen-bond donors (Lipinski definition) is 0. The number of fused-ring (bicyclic) bond motifs is 4. The summed E-state index contributed by atoms with van der Waals surface area (Å²) in [4.78, 5) is 37.8. The van der Waals surface area contributed by atoms with E-state index in [9.17, 15) is 22.8 Å². The maximum atomic E-state index is 14.8. The van der Waals surface area contributed by atoms with Gasteiger partial charge < -0.3 is 14.2 Å². The molecule has 1 unspecified atom stereocenters. The van der Waals surface area contributed by atoms with Crippen molar-refractivity contribution in [1.29, 1.82) is 0 Å². The molecule has 0 amide bonds. The molecule has 0 aromatic rings. The molecule has 1 aliphatic heterocycles. The average Bonchev–Trinajstić information content (AvgIpc) is 3.24. The van der Waals surface area contributed by atoms with Crippen molar-refractivity contribution < 1.29 is 37.0 Å². The zero-order valence-electron chi connectivity index (χ0n) is 26.6. The SMILES string of the molecule is CCC(C)CS(=O)(=O)[C@@H]1[C@H]2[C@@H]([C@H](OC(C)=O)C[C@@H]3C[C@H](OC(C)=O)CC[C@@]32C)[C@@H]2CC[C@@H]3[C@H](C)CCC(=O)O[C@@H]1[C@]32C. The van der Waals surface area contributed by atoms with E-state index in [0.29, 0.717) is 32.1 Å². The zero-order valence-corrected chi connectivity index (χ0v) is 27.4. The lowest BCUT2D eigenvalue weighted by atomic mass is 9.42. The van der Waals surface area contributed by atoms with Crippen LogP contribution in [0.5, 0.6) is 0 Å². The van der Waals surface area contributed by atoms with Gasteiger partial charge in [0, 0.05) is 31.6 Å². The van der Waals surface area contributed by atoms with Gasteiger partial charge in [-0.2, -0.15) is 0 Å². The molecule has 5 fully saturated rings. The Bertz CT molecular complexity index is 1180. The van der Waals surface area contributed by atoms with Gasteiger partial charge >= 0.3 is 17.9 Å². The van der Waals surface area contributed by atoms with E-state index in [2.05, 4.69) is 20.8 Å². The second kappa shape index (κ2) is 11.4. The first kappa shape index (κ1) is 31.8. The van der Waals surface area contributed by atoms with E-state index in [1.807, 2.05) is 13.8 Å². The third kappa shape index (κ3) is 5.21. The largest absolute Gasteiger partial charge is 0.463 e. The molecule has 42 heavy (non-hydrogen) atoms. The quantitative estimate of drug-likeness (QED) is 0.287. The molecule has 5 rings (SSSR count). The van der Waals surface area contributed by atoms with Gasteiger partial charge in [0.15, 0.2) is 9.84 Å². The standard InChI is InChI=1S/C33H52O8S/c1-8-18(2)17-42(37,38)30-29-28(25-11-10-24-19(3)9-12-27(36)41-31(30)33(24,25)7)26(40-21(5)35)16-22-15-23(39-20(4)34)13-14-32(22,29)6/h18-19,22-26,28-31H,8-17H2,1-7H3/t18?,19-,22+,23-,24-,25+,26-,28-,29-,30-,31+,32+,33-/m1/s1. The molecule has 5 aliphatic rings. The number of carbonyl (C=O) groups excluding carboxylic acids is 3. The Labute approximate surface area is 252 Å². The molecule has 1 saturated heterocycles. The molecule has 238 valence electrons. The van der Waals surface area contributed by atoms with E-state index in [1.165, 1.54) is 13.8 Å². The first-order valence-corrected chi connectivity index (χ1v) is 18.1. The Kier molecular flexibility index (Phi) is 8.60. The highest BCUT2D eigenvalue weighted by Crippen LogP contribution is 2.70. The van der Waals surface area contributed by atoms with Crippen molar-refractivity contribution >= 4 is 27.7 Å². The molecule has 0 bridgehead atoms. The van der Waals surface area contributed by atoms with Gasteiger partial charge in [0.1, 0.15) is 23.6 Å². The Morgan fingerprint density at radius 1 is 1.02 bits per heavy atom. The average molecular weight is 609 g/mol. The molecule has 4 saturated carbocycles. The van der Waals surface area contributed by atoms with Crippen LogP contribution in [0.3, 0.4) is 0 Å². The minimum absolute atomic E-state index is 0.00670. The van der Waals surface area contributed by atoms with Gasteiger partial charge in [-0.3, -0.25) is 14.4 Å². The summed E-state index contributed by atoms with van der Waals surface area (Å²) in [6.45, 7) is 13.5. The summed E-state index contributed by atoms with van der Waals surface area (Å²) >= 11 is 0. The van der Waals surface area contributed by atoms with Gasteiger partial charge in [0.25, 0.3) is 0 Å². The molecule has 0 aromatic heterocycles. The van der Waals surface area contributed by atoms with Gasteiger partial charge in [-0.15, -0.1) is 0 Å². The minimum atomic E-state index is -3.74. The summed E-state index contributed by atoms with van der Waals surface area (Å²) in [6.07, 6.45) is 4.86. The Balaban J connectivity index is 1.71. The molecule has 13 atom stereocenters. The van der Waals surface area contributed by atoms with Crippen molar-refractivity contribution in [2.45, 2.75) is 130 Å². The third-order valence-electron chi connectivity index (χ3n) is 12.8. The second-order valence-corrected chi connectivity index (χ2v) is 17.3. The molecule has 8 nitrogen and oxygen atoms in total. The van der Waals surface area contributed by atoms with Gasteiger partial charge in [0.2, 0.25) is 0 Å². The Hall–Kier alpha value is -1.64. The van der Waals surface area contributed by atoms with Crippen LogP contribution >= 0.6 is 0 Å². The van der Waals surface area contributed by atoms with Crippen LogP contribution < -0.4 is 0 Å². The Morgan fingerprint density at radius 2 is 1.69 bits per heavy atom. The lowest BCUT2D eigenvalue weighted by molar-refractivity contribution is -0.225. The predicted octanol–water partition coefficient (Wildman–Crippen LogP) is 5.51. The highest BCUT2D eigenvalue weighted by Gasteiger charge is 2.73. The number of sulfone groups is 1. The maximum absolute atomic E-state index is 14.8. The minimum Gasteiger partial charge on any atom is -0.463 e. The lowest BCUT2D eigenvalue weighted by Crippen LogP contribution is -2.71. The molecule has 0 N–H and O–H groups in total. The second-order valence-electron chi connectivity index (χ2n) is 15.1. The number of carbonyl (C=O) groups is 3. The highest BCUT2D eigenvalue weighted by molar-refractivity contribution is 7.92. The summed E-state index contributed by atoms with van der Waals surface area (Å²) in [6, 6.07) is 0. The van der Waals surface area contributed by atoms with Crippen molar-refractivity contribution in [2.24, 2.45) is 52.3 Å². The number of esters is 3. The fourth-order valence-electron chi connectivity index (χ4n) is 10.8. The molecule has 1 heterocycles. The molecule has 9 heteroatoms.